The molecule has 0 spiro atoms. The lowest BCUT2D eigenvalue weighted by Crippen LogP contribution is -2.26. The van der Waals surface area contributed by atoms with Crippen LogP contribution in [0.4, 0.5) is 5.69 Å². The van der Waals surface area contributed by atoms with E-state index < -0.39 is 10.0 Å². The molecule has 0 heterocycles. The summed E-state index contributed by atoms with van der Waals surface area (Å²) in [6, 6.07) is 14.8. The van der Waals surface area contributed by atoms with Gasteiger partial charge in [-0.25, -0.2) is 8.42 Å². The van der Waals surface area contributed by atoms with Crippen molar-refractivity contribution in [2.24, 2.45) is 0 Å². The van der Waals surface area contributed by atoms with Gasteiger partial charge < -0.3 is 14.4 Å². The number of nitrogens with zero attached hydrogens (tertiary/aromatic N) is 1. The zero-order chi connectivity index (χ0) is 25.0. The van der Waals surface area contributed by atoms with E-state index >= 15 is 0 Å². The molecule has 0 fully saturated rings. The predicted molar refractivity (Wildman–Crippen MR) is 134 cm³/mol. The van der Waals surface area contributed by atoms with Crippen LogP contribution in [0.25, 0.3) is 0 Å². The Bertz CT molecular complexity index is 1320. The number of ether oxygens (including phenoxy) is 2. The number of benzene rings is 3. The van der Waals surface area contributed by atoms with Crippen molar-refractivity contribution >= 4 is 33.2 Å². The second-order valence-corrected chi connectivity index (χ2v) is 9.96. The minimum Gasteiger partial charge on any atom is -0.493 e. The second kappa shape index (κ2) is 10.4. The van der Waals surface area contributed by atoms with Crippen LogP contribution in [0.2, 0.25) is 5.02 Å². The fraction of sp³-hybridized carbons (Fsp3) is 0.240. The summed E-state index contributed by atoms with van der Waals surface area (Å²) in [6.07, 6.45) is 0. The Morgan fingerprint density at radius 2 is 1.65 bits per heavy atom. The summed E-state index contributed by atoms with van der Waals surface area (Å²) >= 11 is 6.21. The van der Waals surface area contributed by atoms with Crippen molar-refractivity contribution in [3.63, 3.8) is 0 Å². The topological polar surface area (TPSA) is 84.9 Å². The zero-order valence-electron chi connectivity index (χ0n) is 19.7. The number of methoxy groups -OCH3 is 2. The molecule has 180 valence electrons. The standard InChI is InChI=1S/C25H27ClN2O5S/c1-16-6-9-20(12-17(16)2)27-34(30,31)24-14-19(8-10-21(24)26)25(29)28(3)15-18-7-11-22(32-4)23(13-18)33-5/h6-14,27H,15H2,1-5H3. The Kier molecular flexibility index (Phi) is 7.74. The first-order chi connectivity index (χ1) is 16.1. The van der Waals surface area contributed by atoms with Gasteiger partial charge in [-0.15, -0.1) is 0 Å². The van der Waals surface area contributed by atoms with Gasteiger partial charge in [-0.3, -0.25) is 9.52 Å². The third-order valence-corrected chi connectivity index (χ3v) is 7.30. The van der Waals surface area contributed by atoms with E-state index in [1.54, 1.807) is 38.4 Å². The number of hydrogen-bond acceptors (Lipinski definition) is 5. The van der Waals surface area contributed by atoms with Gasteiger partial charge in [0.05, 0.1) is 19.2 Å². The fourth-order valence-corrected chi connectivity index (χ4v) is 4.98. The molecule has 0 aromatic heterocycles. The van der Waals surface area contributed by atoms with Crippen LogP contribution in [0, 0.1) is 13.8 Å². The molecule has 3 aromatic carbocycles. The second-order valence-electron chi connectivity index (χ2n) is 7.90. The third-order valence-electron chi connectivity index (χ3n) is 5.44. The molecule has 3 aromatic rings. The molecule has 0 bridgehead atoms. The maximum Gasteiger partial charge on any atom is 0.263 e. The first-order valence-corrected chi connectivity index (χ1v) is 12.3. The fourth-order valence-electron chi connectivity index (χ4n) is 3.40. The summed E-state index contributed by atoms with van der Waals surface area (Å²) in [5.74, 6) is 0.788. The van der Waals surface area contributed by atoms with E-state index in [0.717, 1.165) is 16.7 Å². The monoisotopic (exact) mass is 502 g/mol. The van der Waals surface area contributed by atoms with Crippen molar-refractivity contribution in [2.75, 3.05) is 26.0 Å². The highest BCUT2D eigenvalue weighted by molar-refractivity contribution is 7.92. The van der Waals surface area contributed by atoms with Crippen molar-refractivity contribution < 1.29 is 22.7 Å². The number of sulfonamides is 1. The minimum atomic E-state index is -4.01. The van der Waals surface area contributed by atoms with Crippen molar-refractivity contribution in [2.45, 2.75) is 25.3 Å². The van der Waals surface area contributed by atoms with E-state index in [2.05, 4.69) is 4.72 Å². The first kappa shape index (κ1) is 25.4. The molecular formula is C25H27ClN2O5S. The average molecular weight is 503 g/mol. The van der Waals surface area contributed by atoms with Crippen molar-refractivity contribution in [3.8, 4) is 11.5 Å². The number of hydrogen-bond donors (Lipinski definition) is 1. The van der Waals surface area contributed by atoms with Crippen molar-refractivity contribution in [3.05, 3.63) is 81.9 Å². The smallest absolute Gasteiger partial charge is 0.263 e. The molecule has 0 saturated heterocycles. The van der Waals surface area contributed by atoms with Gasteiger partial charge in [0, 0.05) is 24.8 Å². The molecule has 0 unspecified atom stereocenters. The highest BCUT2D eigenvalue weighted by atomic mass is 35.5. The van der Waals surface area contributed by atoms with Crippen LogP contribution in [-0.2, 0) is 16.6 Å². The number of carbonyl (C=O) groups is 1. The number of aryl methyl sites for hydroxylation is 2. The Morgan fingerprint density at radius 1 is 0.941 bits per heavy atom. The SMILES string of the molecule is COc1ccc(CN(C)C(=O)c2ccc(Cl)c(S(=O)(=O)Nc3ccc(C)c(C)c3)c2)cc1OC. The number of rotatable bonds is 8. The Hall–Kier alpha value is -3.23. The summed E-state index contributed by atoms with van der Waals surface area (Å²) in [4.78, 5) is 14.4. The summed E-state index contributed by atoms with van der Waals surface area (Å²) in [5, 5.41) is 0.0235. The first-order valence-electron chi connectivity index (χ1n) is 10.4. The molecule has 0 aliphatic carbocycles. The predicted octanol–water partition coefficient (Wildman–Crippen LogP) is 5.05. The molecule has 0 aliphatic rings. The van der Waals surface area contributed by atoms with Crippen LogP contribution in [0.5, 0.6) is 11.5 Å². The van der Waals surface area contributed by atoms with E-state index in [9.17, 15) is 13.2 Å². The molecule has 7 nitrogen and oxygen atoms in total. The van der Waals surface area contributed by atoms with E-state index in [-0.39, 0.29) is 27.9 Å². The maximum atomic E-state index is 13.1. The lowest BCUT2D eigenvalue weighted by atomic mass is 10.1. The molecule has 34 heavy (non-hydrogen) atoms. The van der Waals surface area contributed by atoms with Crippen LogP contribution >= 0.6 is 11.6 Å². The summed E-state index contributed by atoms with van der Waals surface area (Å²) in [6.45, 7) is 4.12. The molecule has 9 heteroatoms. The quantitative estimate of drug-likeness (QED) is 0.466. The molecule has 3 rings (SSSR count). The molecule has 1 N–H and O–H groups in total. The lowest BCUT2D eigenvalue weighted by Gasteiger charge is -2.19. The van der Waals surface area contributed by atoms with Crippen LogP contribution in [0.1, 0.15) is 27.0 Å². The number of nitrogens with one attached hydrogen (secondary N) is 1. The number of amides is 1. The van der Waals surface area contributed by atoms with Gasteiger partial charge in [0.2, 0.25) is 0 Å². The van der Waals surface area contributed by atoms with E-state index in [1.165, 1.54) is 30.2 Å². The number of halogens is 1. The molecule has 0 saturated carbocycles. The van der Waals surface area contributed by atoms with Gasteiger partial charge in [-0.2, -0.15) is 0 Å². The van der Waals surface area contributed by atoms with E-state index in [0.29, 0.717) is 17.2 Å². The molecule has 1 amide bonds. The van der Waals surface area contributed by atoms with Crippen LogP contribution < -0.4 is 14.2 Å². The Morgan fingerprint density at radius 3 is 2.29 bits per heavy atom. The number of carbonyl (C=O) groups excluding carboxylic acids is 1. The molecule has 0 radical (unpaired) electrons. The normalized spacial score (nSPS) is 11.1. The molecule has 0 aliphatic heterocycles. The highest BCUT2D eigenvalue weighted by Gasteiger charge is 2.22. The highest BCUT2D eigenvalue weighted by Crippen LogP contribution is 2.29. The zero-order valence-corrected chi connectivity index (χ0v) is 21.3. The van der Waals surface area contributed by atoms with Gasteiger partial charge in [0.15, 0.2) is 11.5 Å². The summed E-state index contributed by atoms with van der Waals surface area (Å²) < 4.78 is 39.2. The van der Waals surface area contributed by atoms with Gasteiger partial charge >= 0.3 is 0 Å². The van der Waals surface area contributed by atoms with Gasteiger partial charge in [-0.05, 0) is 73.0 Å². The summed E-state index contributed by atoms with van der Waals surface area (Å²) in [5.41, 5.74) is 3.44. The van der Waals surface area contributed by atoms with Crippen LogP contribution in [-0.4, -0.2) is 40.5 Å². The van der Waals surface area contributed by atoms with Gasteiger partial charge in [-0.1, -0.05) is 23.7 Å². The summed E-state index contributed by atoms with van der Waals surface area (Å²) in [7, 11) is 0.710. The van der Waals surface area contributed by atoms with Crippen LogP contribution in [0.3, 0.4) is 0 Å². The Balaban J connectivity index is 1.84. The third kappa shape index (κ3) is 5.63. The minimum absolute atomic E-state index is 0.0235. The largest absolute Gasteiger partial charge is 0.493 e. The van der Waals surface area contributed by atoms with Gasteiger partial charge in [0.25, 0.3) is 15.9 Å². The van der Waals surface area contributed by atoms with Gasteiger partial charge in [0.1, 0.15) is 4.90 Å². The average Bonchev–Trinajstić information content (AvgIpc) is 2.80. The number of anilines is 1. The molecule has 0 atom stereocenters. The lowest BCUT2D eigenvalue weighted by molar-refractivity contribution is 0.0784. The van der Waals surface area contributed by atoms with Crippen molar-refractivity contribution in [1.29, 1.82) is 0 Å². The Labute approximate surface area is 205 Å². The maximum absolute atomic E-state index is 13.1. The van der Waals surface area contributed by atoms with E-state index in [4.69, 9.17) is 21.1 Å². The molecular weight excluding hydrogens is 476 g/mol. The van der Waals surface area contributed by atoms with Crippen molar-refractivity contribution in [1.82, 2.24) is 4.90 Å². The van der Waals surface area contributed by atoms with Crippen LogP contribution in [0.15, 0.2) is 59.5 Å². The van der Waals surface area contributed by atoms with E-state index in [1.807, 2.05) is 26.0 Å².